The summed E-state index contributed by atoms with van der Waals surface area (Å²) in [5.41, 5.74) is 0. The van der Waals surface area contributed by atoms with Gasteiger partial charge in [0.1, 0.15) is 5.78 Å². The second-order valence-corrected chi connectivity index (χ2v) is 1.57. The van der Waals surface area contributed by atoms with Crippen LogP contribution in [0.5, 0.6) is 0 Å². The van der Waals surface area contributed by atoms with E-state index in [0.717, 1.165) is 0 Å². The maximum Gasteiger partial charge on any atom is 1.00 e. The molecule has 9 heavy (non-hydrogen) atoms. The summed E-state index contributed by atoms with van der Waals surface area (Å²) in [6.07, 6.45) is -0.0718. The van der Waals surface area contributed by atoms with Crippen molar-refractivity contribution in [2.75, 3.05) is 0 Å². The molecule has 0 spiro atoms. The average molecular weight is 201 g/mol. The summed E-state index contributed by atoms with van der Waals surface area (Å²) in [5, 5.41) is 9.64. The molecule has 0 rings (SSSR count). The first kappa shape index (κ1) is 12.6. The van der Waals surface area contributed by atoms with E-state index in [2.05, 4.69) is 0 Å². The first-order valence-corrected chi connectivity index (χ1v) is 2.32. The van der Waals surface area contributed by atoms with Crippen molar-refractivity contribution >= 4 is 11.8 Å². The number of Topliss-reactive ketones (excluding diaryl/α,β-unsaturated/α-hetero) is 1. The molecule has 0 amide bonds. The number of ketones is 1. The molecule has 0 unspecified atom stereocenters. The zero-order valence-electron chi connectivity index (χ0n) is 5.64. The van der Waals surface area contributed by atoms with Gasteiger partial charge in [0.15, 0.2) is 0 Å². The second kappa shape index (κ2) is 7.06. The summed E-state index contributed by atoms with van der Waals surface area (Å²) in [7, 11) is 0. The first-order chi connectivity index (χ1) is 3.63. The number of rotatable bonds is 3. The smallest absolute Gasteiger partial charge is 0.550 e. The summed E-state index contributed by atoms with van der Waals surface area (Å²) >= 11 is 0. The minimum Gasteiger partial charge on any atom is -0.550 e. The average Bonchev–Trinajstić information content (AvgIpc) is 1.61. The number of carbonyl (C=O) groups excluding carboxylic acids is 2. The Bertz CT molecular complexity index is 96.8. The summed E-state index contributed by atoms with van der Waals surface area (Å²) in [4.78, 5) is 19.7. The largest absolute Gasteiger partial charge is 1.00 e. The predicted molar refractivity (Wildman–Crippen MR) is 24.9 cm³/mol. The molecule has 0 aromatic heterocycles. The van der Waals surface area contributed by atoms with Gasteiger partial charge < -0.3 is 14.7 Å². The Morgan fingerprint density at radius 3 is 1.89 bits per heavy atom. The quantitative estimate of drug-likeness (QED) is 0.468. The van der Waals surface area contributed by atoms with E-state index in [1.54, 1.807) is 0 Å². The molecule has 0 fully saturated rings. The van der Waals surface area contributed by atoms with Crippen LogP contribution in [0.15, 0.2) is 0 Å². The van der Waals surface area contributed by atoms with Gasteiger partial charge in [0.2, 0.25) is 0 Å². The molecule has 3 nitrogen and oxygen atoms in total. The van der Waals surface area contributed by atoms with Crippen molar-refractivity contribution in [1.29, 1.82) is 0 Å². The van der Waals surface area contributed by atoms with Gasteiger partial charge in [0, 0.05) is 12.4 Å². The Balaban J connectivity index is 0. The Morgan fingerprint density at radius 2 is 1.78 bits per heavy atom. The van der Waals surface area contributed by atoms with Crippen molar-refractivity contribution in [2.24, 2.45) is 0 Å². The summed E-state index contributed by atoms with van der Waals surface area (Å²) < 4.78 is 0. The molecule has 0 heterocycles. The molecule has 0 aromatic rings. The van der Waals surface area contributed by atoms with Gasteiger partial charge in [0.25, 0.3) is 0 Å². The second-order valence-electron chi connectivity index (χ2n) is 1.57. The number of carboxylic acid groups (broad SMARTS) is 1. The maximum absolute atomic E-state index is 10.1. The van der Waals surface area contributed by atoms with E-state index in [0.29, 0.717) is 0 Å². The summed E-state index contributed by atoms with van der Waals surface area (Å²) in [6.45, 7) is 1.35. The van der Waals surface area contributed by atoms with Crippen LogP contribution in [0.4, 0.5) is 0 Å². The van der Waals surface area contributed by atoms with E-state index in [1.165, 1.54) is 6.92 Å². The van der Waals surface area contributed by atoms with Crippen LogP contribution in [-0.4, -0.2) is 11.8 Å². The molecule has 0 aliphatic heterocycles. The number of aliphatic carboxylic acids is 1. The third kappa shape index (κ3) is 12.2. The van der Waals surface area contributed by atoms with Crippen molar-refractivity contribution in [3.8, 4) is 0 Å². The molecule has 4 heteroatoms. The van der Waals surface area contributed by atoms with E-state index < -0.39 is 5.97 Å². The zero-order valence-corrected chi connectivity index (χ0v) is 10.6. The molecular weight excluding hydrogens is 194 g/mol. The van der Waals surface area contributed by atoms with Crippen LogP contribution in [0.25, 0.3) is 0 Å². The fourth-order valence-electron chi connectivity index (χ4n) is 0.278. The molecule has 46 valence electrons. The topological polar surface area (TPSA) is 57.2 Å². The predicted octanol–water partition coefficient (Wildman–Crippen LogP) is -3.89. The van der Waals surface area contributed by atoms with Gasteiger partial charge in [-0.25, -0.2) is 0 Å². The van der Waals surface area contributed by atoms with Crippen molar-refractivity contribution < 1.29 is 72.9 Å². The standard InChI is InChI=1S/C5H8O3.Rb/c1-4(6)2-3-5(7)8;/h2-3H2,1H3,(H,7,8);/q;+1/p-1. The Labute approximate surface area is 103 Å². The van der Waals surface area contributed by atoms with E-state index in [9.17, 15) is 14.7 Å². The van der Waals surface area contributed by atoms with Crippen molar-refractivity contribution in [2.45, 2.75) is 19.8 Å². The number of carbonyl (C=O) groups is 2. The van der Waals surface area contributed by atoms with Crippen LogP contribution in [-0.2, 0) is 9.59 Å². The minimum atomic E-state index is -1.17. The van der Waals surface area contributed by atoms with Gasteiger partial charge in [-0.2, -0.15) is 0 Å². The normalized spacial score (nSPS) is 7.67. The molecule has 0 saturated carbocycles. The van der Waals surface area contributed by atoms with Crippen LogP contribution in [0.2, 0.25) is 0 Å². The van der Waals surface area contributed by atoms with Gasteiger partial charge in [0.05, 0.1) is 0 Å². The number of carboxylic acids is 1. The third-order valence-electron chi connectivity index (χ3n) is 0.681. The fraction of sp³-hybridized carbons (Fsp3) is 0.600. The maximum atomic E-state index is 10.1. The number of hydrogen-bond acceptors (Lipinski definition) is 3. The molecule has 0 bridgehead atoms. The van der Waals surface area contributed by atoms with Crippen LogP contribution >= 0.6 is 0 Å². The first-order valence-electron chi connectivity index (χ1n) is 2.32. The molecule has 0 radical (unpaired) electrons. The third-order valence-corrected chi connectivity index (χ3v) is 0.681. The van der Waals surface area contributed by atoms with Gasteiger partial charge in [-0.1, -0.05) is 0 Å². The number of hydrogen-bond donors (Lipinski definition) is 0. The van der Waals surface area contributed by atoms with Gasteiger partial charge >= 0.3 is 58.2 Å². The molecule has 0 aliphatic rings. The molecule has 0 N–H and O–H groups in total. The van der Waals surface area contributed by atoms with E-state index in [1.807, 2.05) is 0 Å². The Morgan fingerprint density at radius 1 is 1.33 bits per heavy atom. The van der Waals surface area contributed by atoms with Gasteiger partial charge in [-0.05, 0) is 13.3 Å². The summed E-state index contributed by atoms with van der Waals surface area (Å²) in [5.74, 6) is -1.28. The van der Waals surface area contributed by atoms with Crippen molar-refractivity contribution in [3.63, 3.8) is 0 Å². The van der Waals surface area contributed by atoms with Gasteiger partial charge in [-0.3, -0.25) is 0 Å². The summed E-state index contributed by atoms with van der Waals surface area (Å²) in [6, 6.07) is 0. The molecular formula is C5H7O3Rb. The van der Waals surface area contributed by atoms with E-state index in [4.69, 9.17) is 0 Å². The fourth-order valence-corrected chi connectivity index (χ4v) is 0.278. The van der Waals surface area contributed by atoms with E-state index in [-0.39, 0.29) is 76.8 Å². The van der Waals surface area contributed by atoms with Gasteiger partial charge in [-0.15, -0.1) is 0 Å². The molecule has 0 aliphatic carbocycles. The zero-order chi connectivity index (χ0) is 6.57. The molecule has 0 atom stereocenters. The van der Waals surface area contributed by atoms with Crippen molar-refractivity contribution in [1.82, 2.24) is 0 Å². The van der Waals surface area contributed by atoms with Crippen LogP contribution in [0, 0.1) is 0 Å². The monoisotopic (exact) mass is 200 g/mol. The molecule has 0 aromatic carbocycles. The minimum absolute atomic E-state index is 0. The van der Waals surface area contributed by atoms with Crippen LogP contribution in [0.3, 0.4) is 0 Å². The van der Waals surface area contributed by atoms with Crippen LogP contribution < -0.4 is 63.3 Å². The SMILES string of the molecule is CC(=O)CCC(=O)[O-].[Rb+]. The Hall–Kier alpha value is 0.945. The van der Waals surface area contributed by atoms with Crippen LogP contribution in [0.1, 0.15) is 19.8 Å². The van der Waals surface area contributed by atoms with Crippen molar-refractivity contribution in [3.05, 3.63) is 0 Å². The van der Waals surface area contributed by atoms with E-state index >= 15 is 0 Å². The molecule has 0 saturated heterocycles. The Kier molecular flexibility index (Phi) is 9.88.